The van der Waals surface area contributed by atoms with Gasteiger partial charge in [0.1, 0.15) is 5.76 Å². The Morgan fingerprint density at radius 3 is 2.49 bits per heavy atom. The zero-order valence-electron chi connectivity index (χ0n) is 25.0. The summed E-state index contributed by atoms with van der Waals surface area (Å²) in [4.78, 5) is 33.4. The summed E-state index contributed by atoms with van der Waals surface area (Å²) in [7, 11) is 1.79. The highest BCUT2D eigenvalue weighted by Crippen LogP contribution is 2.32. The van der Waals surface area contributed by atoms with Crippen LogP contribution >= 0.6 is 11.6 Å². The number of amides is 2. The zero-order valence-corrected chi connectivity index (χ0v) is 25.8. The van der Waals surface area contributed by atoms with Crippen LogP contribution < -0.4 is 5.32 Å². The topological polar surface area (TPSA) is 71.5 Å². The lowest BCUT2D eigenvalue weighted by atomic mass is 9.99. The van der Waals surface area contributed by atoms with E-state index in [1.807, 2.05) is 51.1 Å². The Balaban J connectivity index is 1.33. The Morgan fingerprint density at radius 1 is 0.977 bits per heavy atom. The second kappa shape index (κ2) is 13.3. The zero-order chi connectivity index (χ0) is 30.5. The van der Waals surface area contributed by atoms with Crippen molar-refractivity contribution in [1.29, 1.82) is 0 Å². The molecule has 6 nitrogen and oxygen atoms in total. The summed E-state index contributed by atoms with van der Waals surface area (Å²) >= 11 is 6.49. The molecule has 0 aliphatic carbocycles. The minimum atomic E-state index is -0.265. The Morgan fingerprint density at radius 2 is 1.72 bits per heavy atom. The van der Waals surface area contributed by atoms with E-state index in [-0.39, 0.29) is 11.8 Å². The molecule has 2 heterocycles. The summed E-state index contributed by atoms with van der Waals surface area (Å²) in [6.07, 6.45) is 7.97. The minimum absolute atomic E-state index is 0.0907. The molecule has 220 valence electrons. The average Bonchev–Trinajstić information content (AvgIpc) is 2.98. The van der Waals surface area contributed by atoms with Crippen LogP contribution in [0.4, 0.5) is 5.69 Å². The van der Waals surface area contributed by atoms with Crippen molar-refractivity contribution in [3.05, 3.63) is 118 Å². The molecule has 3 aromatic carbocycles. The maximum Gasteiger partial charge on any atom is 0.256 e. The van der Waals surface area contributed by atoms with Gasteiger partial charge in [-0.2, -0.15) is 0 Å². The molecule has 0 bridgehead atoms. The fraction of sp³-hybridized carbons (Fsp3) is 0.250. The van der Waals surface area contributed by atoms with Gasteiger partial charge in [0.2, 0.25) is 0 Å². The number of benzene rings is 3. The molecule has 1 aromatic heterocycles. The van der Waals surface area contributed by atoms with Crippen LogP contribution in [0.1, 0.15) is 64.4 Å². The lowest BCUT2D eigenvalue weighted by Gasteiger charge is -2.20. The first-order chi connectivity index (χ1) is 20.7. The molecule has 0 atom stereocenters. The van der Waals surface area contributed by atoms with E-state index in [0.717, 1.165) is 58.4 Å². The van der Waals surface area contributed by atoms with Crippen molar-refractivity contribution in [3.63, 3.8) is 0 Å². The standard InChI is InChI=1S/C36H36ClN3O3/c1-23-20-24(2)34-30(21-23)31(22-33(39-34)29-12-8-9-13-32(29)37)35(41)38-27-16-14-26(15-17-27)36(42)40(4)19-18-28-11-7-5-6-10-25(3)43-28/h8-17,20-22H,5-7,18-19H2,1-4H3,(H,38,41)/b25-10+,28-11-. The summed E-state index contributed by atoms with van der Waals surface area (Å²) in [5, 5.41) is 4.35. The predicted molar refractivity (Wildman–Crippen MR) is 174 cm³/mol. The molecule has 1 aliphatic heterocycles. The van der Waals surface area contributed by atoms with Crippen LogP contribution in [-0.2, 0) is 4.74 Å². The number of nitrogens with zero attached hydrogens (tertiary/aromatic N) is 2. The summed E-state index contributed by atoms with van der Waals surface area (Å²) in [5.74, 6) is 1.45. The van der Waals surface area contributed by atoms with Gasteiger partial charge in [-0.15, -0.1) is 0 Å². The van der Waals surface area contributed by atoms with Gasteiger partial charge >= 0.3 is 0 Å². The first kappa shape index (κ1) is 30.1. The highest BCUT2D eigenvalue weighted by molar-refractivity contribution is 6.33. The van der Waals surface area contributed by atoms with Crippen molar-refractivity contribution < 1.29 is 14.3 Å². The molecule has 0 radical (unpaired) electrons. The van der Waals surface area contributed by atoms with Crippen LogP contribution in [0.25, 0.3) is 22.2 Å². The lowest BCUT2D eigenvalue weighted by molar-refractivity contribution is 0.0791. The van der Waals surface area contributed by atoms with Gasteiger partial charge in [-0.05, 0) is 100 Å². The summed E-state index contributed by atoms with van der Waals surface area (Å²) in [6, 6.07) is 20.3. The van der Waals surface area contributed by atoms with Crippen molar-refractivity contribution in [2.24, 2.45) is 0 Å². The number of aromatic nitrogens is 1. The van der Waals surface area contributed by atoms with Gasteiger partial charge in [-0.1, -0.05) is 41.4 Å². The van der Waals surface area contributed by atoms with E-state index in [9.17, 15) is 9.59 Å². The Hall–Kier alpha value is -4.42. The van der Waals surface area contributed by atoms with Gasteiger partial charge in [0.05, 0.1) is 22.5 Å². The quantitative estimate of drug-likeness (QED) is 0.232. The summed E-state index contributed by atoms with van der Waals surface area (Å²) in [6.45, 7) is 6.50. The molecule has 2 amide bonds. The molecule has 0 fully saturated rings. The smallest absolute Gasteiger partial charge is 0.256 e. The number of nitrogens with one attached hydrogen (secondary N) is 1. The summed E-state index contributed by atoms with van der Waals surface area (Å²) in [5.41, 5.74) is 5.81. The SMILES string of the molecule is C/C1=C\CCC/C=C(/CCN(C)C(=O)c2ccc(NC(=O)c3cc(-c4ccccc4Cl)nc4c(C)cc(C)cc34)cc2)O1. The van der Waals surface area contributed by atoms with Crippen LogP contribution in [0.15, 0.2) is 90.4 Å². The van der Waals surface area contributed by atoms with E-state index in [1.165, 1.54) is 0 Å². The molecular weight excluding hydrogens is 558 g/mol. The highest BCUT2D eigenvalue weighted by Gasteiger charge is 2.18. The number of rotatable bonds is 7. The second-order valence-electron chi connectivity index (χ2n) is 11.0. The van der Waals surface area contributed by atoms with Gasteiger partial charge in [-0.3, -0.25) is 9.59 Å². The third-order valence-corrected chi connectivity index (χ3v) is 7.91. The van der Waals surface area contributed by atoms with Gasteiger partial charge in [-0.25, -0.2) is 4.98 Å². The van der Waals surface area contributed by atoms with Gasteiger partial charge in [0.25, 0.3) is 11.8 Å². The van der Waals surface area contributed by atoms with E-state index >= 15 is 0 Å². The molecule has 43 heavy (non-hydrogen) atoms. The van der Waals surface area contributed by atoms with Crippen LogP contribution in [0.2, 0.25) is 5.02 Å². The van der Waals surface area contributed by atoms with E-state index in [4.69, 9.17) is 21.3 Å². The van der Waals surface area contributed by atoms with Crippen LogP contribution in [0.3, 0.4) is 0 Å². The van der Waals surface area contributed by atoms with Gasteiger partial charge < -0.3 is 15.0 Å². The van der Waals surface area contributed by atoms with E-state index in [1.54, 1.807) is 42.3 Å². The number of halogens is 1. The third kappa shape index (κ3) is 7.15. The van der Waals surface area contributed by atoms with E-state index in [0.29, 0.717) is 40.5 Å². The number of aryl methyl sites for hydroxylation is 2. The predicted octanol–water partition coefficient (Wildman–Crippen LogP) is 8.87. The first-order valence-corrected chi connectivity index (χ1v) is 14.9. The number of allylic oxidation sites excluding steroid dienone is 3. The van der Waals surface area contributed by atoms with Crippen LogP contribution in [0.5, 0.6) is 0 Å². The average molecular weight is 594 g/mol. The molecule has 0 unspecified atom stereocenters. The normalized spacial score (nSPS) is 15.7. The van der Waals surface area contributed by atoms with Gasteiger partial charge in [0.15, 0.2) is 0 Å². The highest BCUT2D eigenvalue weighted by atomic mass is 35.5. The molecule has 0 saturated heterocycles. The van der Waals surface area contributed by atoms with Crippen molar-refractivity contribution >= 4 is 40.0 Å². The molecule has 0 saturated carbocycles. The largest absolute Gasteiger partial charge is 0.467 e. The number of ether oxygens (including phenoxy) is 1. The molecule has 1 N–H and O–H groups in total. The summed E-state index contributed by atoms with van der Waals surface area (Å²) < 4.78 is 5.93. The third-order valence-electron chi connectivity index (χ3n) is 7.58. The Labute approximate surface area is 258 Å². The first-order valence-electron chi connectivity index (χ1n) is 14.6. The number of fused-ring (bicyclic) bond motifs is 1. The van der Waals surface area contributed by atoms with Gasteiger partial charge in [0, 0.05) is 47.2 Å². The number of hydrogen-bond acceptors (Lipinski definition) is 4. The molecule has 1 aliphatic rings. The molecule has 0 spiro atoms. The van der Waals surface area contributed by atoms with Crippen molar-refractivity contribution in [1.82, 2.24) is 9.88 Å². The monoisotopic (exact) mass is 593 g/mol. The van der Waals surface area contributed by atoms with E-state index in [2.05, 4.69) is 23.5 Å². The molecule has 4 aromatic rings. The Bertz CT molecular complexity index is 1740. The van der Waals surface area contributed by atoms with Crippen LogP contribution in [0, 0.1) is 13.8 Å². The van der Waals surface area contributed by atoms with Crippen molar-refractivity contribution in [2.75, 3.05) is 18.9 Å². The Kier molecular flexibility index (Phi) is 9.27. The minimum Gasteiger partial charge on any atom is -0.467 e. The fourth-order valence-electron chi connectivity index (χ4n) is 5.30. The number of hydrogen-bond donors (Lipinski definition) is 1. The molecular formula is C36H36ClN3O3. The maximum atomic E-state index is 13.7. The number of carbonyl (C=O) groups is 2. The van der Waals surface area contributed by atoms with Crippen LogP contribution in [-0.4, -0.2) is 35.3 Å². The lowest BCUT2D eigenvalue weighted by Crippen LogP contribution is -2.28. The maximum absolute atomic E-state index is 13.7. The van der Waals surface area contributed by atoms with Crippen molar-refractivity contribution in [2.45, 2.75) is 46.5 Å². The number of pyridine rings is 1. The number of carbonyl (C=O) groups excluding carboxylic acids is 2. The second-order valence-corrected chi connectivity index (χ2v) is 11.4. The van der Waals surface area contributed by atoms with E-state index < -0.39 is 0 Å². The fourth-order valence-corrected chi connectivity index (χ4v) is 5.53. The molecule has 7 heteroatoms. The number of anilines is 1. The molecule has 5 rings (SSSR count). The van der Waals surface area contributed by atoms with Crippen molar-refractivity contribution in [3.8, 4) is 11.3 Å².